The highest BCUT2D eigenvalue weighted by Gasteiger charge is 2.62. The quantitative estimate of drug-likeness (QED) is 0.228. The molecule has 3 amide bonds. The van der Waals surface area contributed by atoms with Crippen LogP contribution in [0.15, 0.2) is 53.9 Å². The lowest BCUT2D eigenvalue weighted by Gasteiger charge is -2.29. The number of alkyl carbamates (subject to hydrolysis) is 1. The first kappa shape index (κ1) is 34.6. The van der Waals surface area contributed by atoms with Gasteiger partial charge >= 0.3 is 12.1 Å². The van der Waals surface area contributed by atoms with Crippen molar-refractivity contribution < 1.29 is 38.6 Å². The Bertz CT molecular complexity index is 1840. The number of carbonyl (C=O) groups is 5. The van der Waals surface area contributed by atoms with E-state index in [9.17, 15) is 29.1 Å². The van der Waals surface area contributed by atoms with E-state index in [2.05, 4.69) is 10.6 Å². The summed E-state index contributed by atoms with van der Waals surface area (Å²) in [5.41, 5.74) is 0.214. The average Bonchev–Trinajstić information content (AvgIpc) is 3.62. The minimum atomic E-state index is -1.63. The molecular formula is C37H41N5O8S. The molecule has 3 aromatic rings. The summed E-state index contributed by atoms with van der Waals surface area (Å²) < 4.78 is 12.1. The summed E-state index contributed by atoms with van der Waals surface area (Å²) in [4.78, 5) is 78.4. The van der Waals surface area contributed by atoms with E-state index in [-0.39, 0.29) is 31.4 Å². The number of aromatic nitrogens is 2. The van der Waals surface area contributed by atoms with E-state index in [0.29, 0.717) is 36.0 Å². The van der Waals surface area contributed by atoms with Gasteiger partial charge in [-0.2, -0.15) is 0 Å². The van der Waals surface area contributed by atoms with Crippen molar-refractivity contribution in [3.63, 3.8) is 0 Å². The predicted octanol–water partition coefficient (Wildman–Crippen LogP) is 4.79. The first-order valence-electron chi connectivity index (χ1n) is 17.7. The zero-order valence-electron chi connectivity index (χ0n) is 28.1. The number of hydrogen-bond acceptors (Lipinski definition) is 10. The molecule has 4 aliphatic rings. The van der Waals surface area contributed by atoms with Gasteiger partial charge in [-0.3, -0.25) is 14.4 Å². The summed E-state index contributed by atoms with van der Waals surface area (Å²) >= 11 is 1.47. The highest BCUT2D eigenvalue weighted by atomic mass is 32.1. The molecule has 4 heterocycles. The first-order valence-corrected chi connectivity index (χ1v) is 18.6. The third kappa shape index (κ3) is 7.46. The number of hydrogen-bond donors (Lipinski definition) is 3. The van der Waals surface area contributed by atoms with Gasteiger partial charge in [0.1, 0.15) is 35.5 Å². The number of nitrogens with zero attached hydrogens (tertiary/aromatic N) is 3. The number of amides is 3. The summed E-state index contributed by atoms with van der Waals surface area (Å²) in [7, 11) is 0. The first-order chi connectivity index (χ1) is 24.7. The van der Waals surface area contributed by atoms with Crippen LogP contribution in [0, 0.1) is 5.92 Å². The Morgan fingerprint density at radius 1 is 0.961 bits per heavy atom. The van der Waals surface area contributed by atoms with Gasteiger partial charge < -0.3 is 30.1 Å². The zero-order chi connectivity index (χ0) is 35.5. The molecule has 13 nitrogen and oxygen atoms in total. The highest BCUT2D eigenvalue weighted by Crippen LogP contribution is 2.46. The third-order valence-electron chi connectivity index (χ3n) is 10.3. The van der Waals surface area contributed by atoms with Crippen LogP contribution in [0.4, 0.5) is 4.79 Å². The van der Waals surface area contributed by atoms with Crippen LogP contribution in [-0.4, -0.2) is 86.0 Å². The Morgan fingerprint density at radius 3 is 2.47 bits per heavy atom. The number of benzene rings is 1. The minimum Gasteiger partial charge on any atom is -0.475 e. The molecule has 1 unspecified atom stereocenters. The smallest absolute Gasteiger partial charge is 0.408 e. The van der Waals surface area contributed by atoms with Crippen molar-refractivity contribution >= 4 is 52.0 Å². The Hall–Kier alpha value is -4.85. The molecule has 2 aliphatic heterocycles. The maximum absolute atomic E-state index is 14.4. The number of ether oxygens (including phenoxy) is 2. The summed E-state index contributed by atoms with van der Waals surface area (Å²) in [6.45, 7) is -0.0195. The number of Topliss-reactive ketones (excluding diaryl/α,β-unsaturated/α-hetero) is 1. The monoisotopic (exact) mass is 715 g/mol. The van der Waals surface area contributed by atoms with E-state index < -0.39 is 59.3 Å². The number of carbonyl (C=O) groups excluding carboxylic acids is 4. The predicted molar refractivity (Wildman–Crippen MR) is 187 cm³/mol. The molecule has 0 radical (unpaired) electrons. The van der Waals surface area contributed by atoms with Crippen LogP contribution in [0.5, 0.6) is 5.88 Å². The van der Waals surface area contributed by atoms with Gasteiger partial charge in [0, 0.05) is 12.3 Å². The van der Waals surface area contributed by atoms with Gasteiger partial charge in [-0.1, -0.05) is 43.2 Å². The van der Waals surface area contributed by atoms with Crippen molar-refractivity contribution in [3.8, 4) is 16.5 Å². The van der Waals surface area contributed by atoms with Crippen molar-refractivity contribution in [3.05, 3.63) is 53.9 Å². The minimum absolute atomic E-state index is 0.0195. The van der Waals surface area contributed by atoms with Crippen LogP contribution < -0.4 is 15.4 Å². The van der Waals surface area contributed by atoms with E-state index in [1.165, 1.54) is 16.2 Å². The van der Waals surface area contributed by atoms with Crippen LogP contribution >= 0.6 is 11.3 Å². The largest absolute Gasteiger partial charge is 0.475 e. The number of rotatable bonds is 7. The topological polar surface area (TPSA) is 177 Å². The summed E-state index contributed by atoms with van der Waals surface area (Å²) in [6.07, 6.45) is 9.04. The average molecular weight is 716 g/mol. The SMILES string of the molecule is O=C(N[C@H]1CCCCC/C=C\C2C[C@@]2(C(=O)C(=O)O)NC(=O)[C@@H]2C[C@@H](Oc3nc4ccccc4nc3-c3cccs3)CN2C1=O)OC1CCCC1. The van der Waals surface area contributed by atoms with Gasteiger partial charge in [-0.15, -0.1) is 11.3 Å². The third-order valence-corrected chi connectivity index (χ3v) is 11.2. The van der Waals surface area contributed by atoms with Crippen LogP contribution in [0.25, 0.3) is 21.6 Å². The van der Waals surface area contributed by atoms with Crippen LogP contribution in [0.3, 0.4) is 0 Å². The maximum Gasteiger partial charge on any atom is 0.408 e. The molecule has 7 rings (SSSR count). The fourth-order valence-electron chi connectivity index (χ4n) is 7.49. The number of fused-ring (bicyclic) bond motifs is 3. The summed E-state index contributed by atoms with van der Waals surface area (Å²) in [5, 5.41) is 17.1. The van der Waals surface area contributed by atoms with Crippen molar-refractivity contribution in [1.29, 1.82) is 0 Å². The lowest BCUT2D eigenvalue weighted by Crippen LogP contribution is -2.57. The number of thiophene rings is 1. The number of allylic oxidation sites excluding steroid dienone is 1. The molecule has 51 heavy (non-hydrogen) atoms. The van der Waals surface area contributed by atoms with Crippen molar-refractivity contribution in [1.82, 2.24) is 25.5 Å². The normalized spacial score (nSPS) is 27.7. The molecule has 0 spiro atoms. The second-order valence-corrected chi connectivity index (χ2v) is 14.8. The molecule has 1 aromatic carbocycles. The van der Waals surface area contributed by atoms with Gasteiger partial charge in [0.15, 0.2) is 0 Å². The Kier molecular flexibility index (Phi) is 10.0. The van der Waals surface area contributed by atoms with Gasteiger partial charge in [-0.05, 0) is 74.9 Å². The number of para-hydroxylation sites is 2. The number of aliphatic carboxylic acids is 1. The molecule has 2 aromatic heterocycles. The second kappa shape index (κ2) is 14.8. The Morgan fingerprint density at radius 2 is 1.73 bits per heavy atom. The molecule has 2 aliphatic carbocycles. The van der Waals surface area contributed by atoms with Gasteiger partial charge in [0.05, 0.1) is 22.5 Å². The van der Waals surface area contributed by atoms with Crippen molar-refractivity contribution in [2.45, 2.75) is 100 Å². The fraction of sp³-hybridized carbons (Fsp3) is 0.486. The van der Waals surface area contributed by atoms with Crippen LogP contribution in [-0.2, 0) is 23.9 Å². The molecular weight excluding hydrogens is 675 g/mol. The second-order valence-electron chi connectivity index (χ2n) is 13.8. The molecule has 1 saturated heterocycles. The standard InChI is InChI=1S/C37H41N5O8S/c43-31(35(46)47)37-20-22(37)11-4-2-1-3-5-16-27(40-36(48)50-23-12-6-7-13-23)34(45)42-21-24(19-28(42)32(44)41-37)49-33-30(29-17-10-18-51-29)38-25-14-8-9-15-26(25)39-33/h4,8-11,14-15,17-18,22-24,27-28H,1-3,5-7,12-13,16,19-21H2,(H,40,48)(H,41,44)(H,46,47)/b11-4-/t22?,24-,27+,28+,37-/m1/s1. The molecule has 3 N–H and O–H groups in total. The van der Waals surface area contributed by atoms with E-state index in [4.69, 9.17) is 19.4 Å². The van der Waals surface area contributed by atoms with E-state index in [0.717, 1.165) is 43.4 Å². The number of carboxylic acids is 1. The summed E-state index contributed by atoms with van der Waals surface area (Å²) in [6, 6.07) is 9.12. The Balaban J connectivity index is 1.20. The van der Waals surface area contributed by atoms with Gasteiger partial charge in [-0.25, -0.2) is 19.6 Å². The van der Waals surface area contributed by atoms with E-state index in [1.54, 1.807) is 6.08 Å². The van der Waals surface area contributed by atoms with E-state index in [1.807, 2.05) is 47.9 Å². The Labute approximate surface area is 298 Å². The molecule has 3 fully saturated rings. The van der Waals surface area contributed by atoms with Gasteiger partial charge in [0.2, 0.25) is 17.7 Å². The maximum atomic E-state index is 14.4. The summed E-state index contributed by atoms with van der Waals surface area (Å²) in [5.74, 6) is -4.10. The highest BCUT2D eigenvalue weighted by molar-refractivity contribution is 7.13. The lowest BCUT2D eigenvalue weighted by atomic mass is 10.0. The molecule has 5 atom stereocenters. The molecule has 0 bridgehead atoms. The number of nitrogens with one attached hydrogen (secondary N) is 2. The lowest BCUT2D eigenvalue weighted by molar-refractivity contribution is -0.151. The molecule has 2 saturated carbocycles. The van der Waals surface area contributed by atoms with Crippen molar-refractivity contribution in [2.75, 3.05) is 6.54 Å². The van der Waals surface area contributed by atoms with E-state index >= 15 is 0 Å². The van der Waals surface area contributed by atoms with Crippen molar-refractivity contribution in [2.24, 2.45) is 5.92 Å². The number of ketones is 1. The van der Waals surface area contributed by atoms with Crippen LogP contribution in [0.1, 0.15) is 70.6 Å². The zero-order valence-corrected chi connectivity index (χ0v) is 28.9. The fourth-order valence-corrected chi connectivity index (χ4v) is 8.19. The molecule has 268 valence electrons. The molecule has 14 heteroatoms. The van der Waals surface area contributed by atoms with Gasteiger partial charge in [0.25, 0.3) is 5.78 Å². The van der Waals surface area contributed by atoms with Crippen LogP contribution in [0.2, 0.25) is 0 Å². The number of carboxylic acid groups (broad SMARTS) is 1.